The second kappa shape index (κ2) is 9.16. The number of benzene rings is 1. The third kappa shape index (κ3) is 4.35. The number of nitrogens with zero attached hydrogens (tertiary/aromatic N) is 3. The molecule has 1 fully saturated rings. The summed E-state index contributed by atoms with van der Waals surface area (Å²) in [7, 11) is 0. The van der Waals surface area contributed by atoms with E-state index in [1.807, 2.05) is 48.2 Å². The van der Waals surface area contributed by atoms with Crippen LogP contribution in [0.1, 0.15) is 6.92 Å². The molecule has 1 aromatic carbocycles. The fourth-order valence-electron chi connectivity index (χ4n) is 3.40. The van der Waals surface area contributed by atoms with Gasteiger partial charge in [0.15, 0.2) is 5.16 Å². The number of hydrogen-bond acceptors (Lipinski definition) is 6. The van der Waals surface area contributed by atoms with E-state index in [-0.39, 0.29) is 23.3 Å². The standard InChI is InChI=1S/C22H23N3O3S2/c1-3-9-25-21(27)20-17(12-18(30-20)16-7-5-4-6-8-16)23-22(25)29-14-19(26)24-10-11-28-15(2)13-24/h3-8,12,15H,1,9-11,13-14H2,2H3. The molecule has 0 N–H and O–H groups in total. The van der Waals surface area contributed by atoms with Crippen LogP contribution in [-0.2, 0) is 16.1 Å². The second-order valence-electron chi connectivity index (χ2n) is 7.10. The molecule has 4 rings (SSSR count). The maximum Gasteiger partial charge on any atom is 0.272 e. The topological polar surface area (TPSA) is 64.4 Å². The summed E-state index contributed by atoms with van der Waals surface area (Å²) in [6.07, 6.45) is 1.72. The Balaban J connectivity index is 1.63. The average molecular weight is 442 g/mol. The predicted octanol–water partition coefficient (Wildman–Crippen LogP) is 3.65. The van der Waals surface area contributed by atoms with Crippen molar-refractivity contribution < 1.29 is 9.53 Å². The summed E-state index contributed by atoms with van der Waals surface area (Å²) in [5, 5.41) is 0.541. The zero-order chi connectivity index (χ0) is 21.1. The van der Waals surface area contributed by atoms with Gasteiger partial charge in [-0.05, 0) is 18.6 Å². The van der Waals surface area contributed by atoms with Crippen molar-refractivity contribution in [2.75, 3.05) is 25.4 Å². The van der Waals surface area contributed by atoms with E-state index in [0.29, 0.717) is 41.6 Å². The van der Waals surface area contributed by atoms with Crippen molar-refractivity contribution in [2.24, 2.45) is 0 Å². The summed E-state index contributed by atoms with van der Waals surface area (Å²) in [5.74, 6) is 0.266. The average Bonchev–Trinajstić information content (AvgIpc) is 3.19. The number of morpholine rings is 1. The number of aromatic nitrogens is 2. The molecule has 0 saturated carbocycles. The van der Waals surface area contributed by atoms with Crippen LogP contribution in [0, 0.1) is 0 Å². The van der Waals surface area contributed by atoms with Gasteiger partial charge in [-0.25, -0.2) is 4.98 Å². The third-order valence-electron chi connectivity index (χ3n) is 4.89. The van der Waals surface area contributed by atoms with Crippen LogP contribution in [0.3, 0.4) is 0 Å². The minimum Gasteiger partial charge on any atom is -0.375 e. The number of hydrogen-bond donors (Lipinski definition) is 0. The van der Waals surface area contributed by atoms with Gasteiger partial charge in [-0.1, -0.05) is 48.2 Å². The second-order valence-corrected chi connectivity index (χ2v) is 9.09. The van der Waals surface area contributed by atoms with Gasteiger partial charge in [0.05, 0.1) is 24.0 Å². The molecule has 1 atom stereocenters. The molecule has 8 heteroatoms. The van der Waals surface area contributed by atoms with E-state index < -0.39 is 0 Å². The third-order valence-corrected chi connectivity index (χ3v) is 7.01. The van der Waals surface area contributed by atoms with Gasteiger partial charge >= 0.3 is 0 Å². The van der Waals surface area contributed by atoms with Crippen molar-refractivity contribution in [1.29, 1.82) is 0 Å². The normalized spacial score (nSPS) is 16.7. The highest BCUT2D eigenvalue weighted by Crippen LogP contribution is 2.32. The molecule has 0 aliphatic carbocycles. The van der Waals surface area contributed by atoms with Gasteiger partial charge in [0, 0.05) is 24.5 Å². The molecule has 2 aromatic heterocycles. The van der Waals surface area contributed by atoms with Crippen molar-refractivity contribution in [2.45, 2.75) is 24.7 Å². The Morgan fingerprint density at radius 1 is 1.40 bits per heavy atom. The molecule has 0 bridgehead atoms. The Morgan fingerprint density at radius 3 is 2.93 bits per heavy atom. The molecule has 1 aliphatic heterocycles. The summed E-state index contributed by atoms with van der Waals surface area (Å²) in [6.45, 7) is 7.83. The Morgan fingerprint density at radius 2 is 2.20 bits per heavy atom. The van der Waals surface area contributed by atoms with E-state index >= 15 is 0 Å². The monoisotopic (exact) mass is 441 g/mol. The number of amides is 1. The first-order chi connectivity index (χ1) is 14.6. The molecule has 156 valence electrons. The summed E-state index contributed by atoms with van der Waals surface area (Å²) < 4.78 is 7.72. The Kier molecular flexibility index (Phi) is 6.36. The zero-order valence-electron chi connectivity index (χ0n) is 16.7. The largest absolute Gasteiger partial charge is 0.375 e. The van der Waals surface area contributed by atoms with E-state index in [2.05, 4.69) is 6.58 Å². The number of carbonyl (C=O) groups is 1. The summed E-state index contributed by atoms with van der Waals surface area (Å²) in [5.41, 5.74) is 1.63. The van der Waals surface area contributed by atoms with Crippen LogP contribution in [0.5, 0.6) is 0 Å². The van der Waals surface area contributed by atoms with Crippen LogP contribution >= 0.6 is 23.1 Å². The smallest absolute Gasteiger partial charge is 0.272 e. The van der Waals surface area contributed by atoms with Crippen molar-refractivity contribution in [3.8, 4) is 10.4 Å². The SMILES string of the molecule is C=CCn1c(SCC(=O)N2CCOC(C)C2)nc2cc(-c3ccccc3)sc2c1=O. The minimum atomic E-state index is -0.0953. The zero-order valence-corrected chi connectivity index (χ0v) is 18.4. The highest BCUT2D eigenvalue weighted by atomic mass is 32.2. The van der Waals surface area contributed by atoms with Crippen LogP contribution in [0.15, 0.2) is 59.0 Å². The minimum absolute atomic E-state index is 0.0324. The number of thiophene rings is 1. The number of carbonyl (C=O) groups excluding carboxylic acids is 1. The fraction of sp³-hybridized carbons (Fsp3) is 0.318. The molecule has 1 unspecified atom stereocenters. The van der Waals surface area contributed by atoms with Gasteiger partial charge in [0.25, 0.3) is 5.56 Å². The van der Waals surface area contributed by atoms with E-state index in [9.17, 15) is 9.59 Å². The van der Waals surface area contributed by atoms with Crippen molar-refractivity contribution >= 4 is 39.2 Å². The van der Waals surface area contributed by atoms with Gasteiger partial charge in [0.2, 0.25) is 5.91 Å². The molecule has 3 heterocycles. The van der Waals surface area contributed by atoms with Crippen molar-refractivity contribution in [3.63, 3.8) is 0 Å². The van der Waals surface area contributed by atoms with E-state index in [1.54, 1.807) is 10.6 Å². The van der Waals surface area contributed by atoms with Gasteiger partial charge in [0.1, 0.15) is 4.70 Å². The van der Waals surface area contributed by atoms with Crippen LogP contribution in [0.2, 0.25) is 0 Å². The number of rotatable bonds is 6. The van der Waals surface area contributed by atoms with Gasteiger partial charge < -0.3 is 9.64 Å². The molecule has 3 aromatic rings. The van der Waals surface area contributed by atoms with Gasteiger partial charge in [-0.3, -0.25) is 14.2 Å². The van der Waals surface area contributed by atoms with Gasteiger partial charge in [-0.2, -0.15) is 0 Å². The first-order valence-electron chi connectivity index (χ1n) is 9.79. The molecule has 1 saturated heterocycles. The highest BCUT2D eigenvalue weighted by Gasteiger charge is 2.22. The van der Waals surface area contributed by atoms with Crippen LogP contribution in [0.25, 0.3) is 20.7 Å². The molecular weight excluding hydrogens is 418 g/mol. The Labute approximate surface area is 183 Å². The van der Waals surface area contributed by atoms with Crippen LogP contribution < -0.4 is 5.56 Å². The quantitative estimate of drug-likeness (QED) is 0.332. The molecular formula is C22H23N3O3S2. The Hall–Kier alpha value is -2.42. The molecule has 6 nitrogen and oxygen atoms in total. The lowest BCUT2D eigenvalue weighted by Crippen LogP contribution is -2.45. The molecule has 30 heavy (non-hydrogen) atoms. The number of ether oxygens (including phenoxy) is 1. The molecule has 1 aliphatic rings. The molecule has 0 radical (unpaired) electrons. The lowest BCUT2D eigenvalue weighted by molar-refractivity contribution is -0.135. The van der Waals surface area contributed by atoms with Crippen molar-refractivity contribution in [1.82, 2.24) is 14.5 Å². The first-order valence-corrected chi connectivity index (χ1v) is 11.6. The Bertz CT molecular complexity index is 1120. The molecule has 0 spiro atoms. The van der Waals surface area contributed by atoms with E-state index in [1.165, 1.54) is 23.1 Å². The molecule has 1 amide bonds. The van der Waals surface area contributed by atoms with E-state index in [4.69, 9.17) is 9.72 Å². The highest BCUT2D eigenvalue weighted by molar-refractivity contribution is 7.99. The predicted molar refractivity (Wildman–Crippen MR) is 122 cm³/mol. The fourth-order valence-corrected chi connectivity index (χ4v) is 5.36. The number of fused-ring (bicyclic) bond motifs is 1. The summed E-state index contributed by atoms with van der Waals surface area (Å²) in [4.78, 5) is 33.3. The maximum absolute atomic E-state index is 13.1. The summed E-state index contributed by atoms with van der Waals surface area (Å²) in [6, 6.07) is 11.9. The van der Waals surface area contributed by atoms with Crippen LogP contribution in [-0.4, -0.2) is 51.9 Å². The maximum atomic E-state index is 13.1. The number of thioether (sulfide) groups is 1. The number of allylic oxidation sites excluding steroid dienone is 1. The van der Waals surface area contributed by atoms with Crippen molar-refractivity contribution in [3.05, 3.63) is 59.4 Å². The summed E-state index contributed by atoms with van der Waals surface area (Å²) >= 11 is 2.75. The van der Waals surface area contributed by atoms with Gasteiger partial charge in [-0.15, -0.1) is 17.9 Å². The van der Waals surface area contributed by atoms with Crippen LogP contribution in [0.4, 0.5) is 0 Å². The van der Waals surface area contributed by atoms with E-state index in [0.717, 1.165) is 10.4 Å². The lowest BCUT2D eigenvalue weighted by atomic mass is 10.2. The first kappa shape index (κ1) is 20.8. The lowest BCUT2D eigenvalue weighted by Gasteiger charge is -2.31.